The Bertz CT molecular complexity index is 1200. The van der Waals surface area contributed by atoms with E-state index < -0.39 is 12.1 Å². The van der Waals surface area contributed by atoms with Gasteiger partial charge in [-0.25, -0.2) is 14.8 Å². The summed E-state index contributed by atoms with van der Waals surface area (Å²) in [5.41, 5.74) is 1.06. The second-order valence-electron chi connectivity index (χ2n) is 7.90. The minimum atomic E-state index is -1.06. The van der Waals surface area contributed by atoms with Gasteiger partial charge in [-0.2, -0.15) is 0 Å². The lowest BCUT2D eigenvalue weighted by molar-refractivity contribution is 0.0697. The number of aliphatic hydroxyl groups is 1. The third kappa shape index (κ3) is 4.13. The summed E-state index contributed by atoms with van der Waals surface area (Å²) in [5, 5.41) is 30.7. The molecule has 1 aliphatic carbocycles. The van der Waals surface area contributed by atoms with E-state index in [2.05, 4.69) is 30.5 Å². The number of nitrogens with zero attached hydrogens (tertiary/aromatic N) is 6. The molecule has 2 atom stereocenters. The molecular weight excluding hydrogens is 412 g/mol. The molecule has 0 saturated heterocycles. The van der Waals surface area contributed by atoms with E-state index in [1.54, 1.807) is 31.1 Å². The van der Waals surface area contributed by atoms with Crippen LogP contribution in [0.4, 0.5) is 29.0 Å². The van der Waals surface area contributed by atoms with Gasteiger partial charge in [0, 0.05) is 20.2 Å². The van der Waals surface area contributed by atoms with Gasteiger partial charge >= 0.3 is 5.97 Å². The maximum atomic E-state index is 11.5. The van der Waals surface area contributed by atoms with Crippen molar-refractivity contribution in [1.29, 1.82) is 0 Å². The molecule has 4 rings (SSSR count). The summed E-state index contributed by atoms with van der Waals surface area (Å²) < 4.78 is 1.44. The molecule has 166 valence electrons. The summed E-state index contributed by atoms with van der Waals surface area (Å²) >= 11 is 0. The first-order chi connectivity index (χ1) is 15.4. The van der Waals surface area contributed by atoms with Crippen LogP contribution in [0.2, 0.25) is 0 Å². The quantitative estimate of drug-likeness (QED) is 0.431. The summed E-state index contributed by atoms with van der Waals surface area (Å²) in [6, 6.07) is 4.68. The van der Waals surface area contributed by atoms with Gasteiger partial charge in [0.1, 0.15) is 22.9 Å². The van der Waals surface area contributed by atoms with E-state index >= 15 is 0 Å². The molecule has 1 saturated carbocycles. The number of anilines is 4. The molecule has 3 aromatic heterocycles. The van der Waals surface area contributed by atoms with Crippen molar-refractivity contribution < 1.29 is 15.0 Å². The van der Waals surface area contributed by atoms with Crippen LogP contribution in [0, 0.1) is 6.57 Å². The number of rotatable bonds is 6. The van der Waals surface area contributed by atoms with Crippen molar-refractivity contribution in [3.05, 3.63) is 41.4 Å². The number of pyridine rings is 1. The van der Waals surface area contributed by atoms with Gasteiger partial charge in [-0.05, 0) is 25.0 Å². The number of carboxylic acids is 1. The number of hydrogen-bond acceptors (Lipinski definition) is 8. The van der Waals surface area contributed by atoms with Gasteiger partial charge in [-0.1, -0.05) is 24.5 Å². The van der Waals surface area contributed by atoms with Gasteiger partial charge in [0.25, 0.3) is 11.5 Å². The zero-order valence-corrected chi connectivity index (χ0v) is 17.8. The number of aromatic nitrogens is 4. The number of carboxylic acid groups (broad SMARTS) is 1. The van der Waals surface area contributed by atoms with Crippen LogP contribution in [0.25, 0.3) is 10.5 Å². The lowest BCUT2D eigenvalue weighted by atomic mass is 9.92. The van der Waals surface area contributed by atoms with Gasteiger partial charge < -0.3 is 30.6 Å². The molecule has 0 amide bonds. The molecule has 0 unspecified atom stereocenters. The molecule has 0 bridgehead atoms. The highest BCUT2D eigenvalue weighted by atomic mass is 16.4. The van der Waals surface area contributed by atoms with Crippen molar-refractivity contribution in [1.82, 2.24) is 19.6 Å². The van der Waals surface area contributed by atoms with E-state index in [-0.39, 0.29) is 17.4 Å². The smallest absolute Gasteiger partial charge is 0.339 e. The van der Waals surface area contributed by atoms with Crippen LogP contribution >= 0.6 is 0 Å². The van der Waals surface area contributed by atoms with Crippen molar-refractivity contribution in [3.8, 4) is 0 Å². The molecule has 0 spiro atoms. The molecule has 0 aliphatic heterocycles. The van der Waals surface area contributed by atoms with Crippen LogP contribution in [0.1, 0.15) is 36.0 Å². The van der Waals surface area contributed by atoms with E-state index in [1.165, 1.54) is 16.8 Å². The monoisotopic (exact) mass is 436 g/mol. The average molecular weight is 436 g/mol. The lowest BCUT2D eigenvalue weighted by Crippen LogP contribution is -2.36. The highest BCUT2D eigenvalue weighted by Crippen LogP contribution is 2.29. The summed E-state index contributed by atoms with van der Waals surface area (Å²) in [7, 11) is 3.44. The summed E-state index contributed by atoms with van der Waals surface area (Å²) in [6.07, 6.45) is 4.55. The molecule has 0 radical (unpaired) electrons. The Morgan fingerprint density at radius 1 is 1.28 bits per heavy atom. The van der Waals surface area contributed by atoms with Crippen LogP contribution in [0.15, 0.2) is 24.4 Å². The maximum absolute atomic E-state index is 11.5. The lowest BCUT2D eigenvalue weighted by Gasteiger charge is -2.28. The van der Waals surface area contributed by atoms with Gasteiger partial charge in [0.15, 0.2) is 5.82 Å². The molecular formula is C21H24N8O3. The molecule has 1 aliphatic rings. The van der Waals surface area contributed by atoms with Crippen molar-refractivity contribution in [2.24, 2.45) is 0 Å². The highest BCUT2D eigenvalue weighted by molar-refractivity contribution is 5.94. The van der Waals surface area contributed by atoms with Crippen molar-refractivity contribution in [3.63, 3.8) is 0 Å². The summed E-state index contributed by atoms with van der Waals surface area (Å²) in [4.78, 5) is 25.3. The number of aromatic carboxylic acids is 1. The van der Waals surface area contributed by atoms with E-state index in [9.17, 15) is 15.0 Å². The number of fused-ring (bicyclic) bond motifs is 1. The first-order valence-corrected chi connectivity index (χ1v) is 10.3. The van der Waals surface area contributed by atoms with Gasteiger partial charge in [-0.3, -0.25) is 0 Å². The molecule has 0 aromatic carbocycles. The van der Waals surface area contributed by atoms with E-state index in [4.69, 9.17) is 6.57 Å². The Balaban J connectivity index is 1.73. The first-order valence-electron chi connectivity index (χ1n) is 10.3. The van der Waals surface area contributed by atoms with Crippen LogP contribution in [0.3, 0.4) is 0 Å². The predicted molar refractivity (Wildman–Crippen MR) is 120 cm³/mol. The Labute approximate surface area is 184 Å². The SMILES string of the molecule is [C-]#[N+]c1cnc2c(Nc3ccc(C(=O)O)c(N(C)C)n3)cc(N[C@@H]3CCCC[C@H]3O)nn12. The van der Waals surface area contributed by atoms with Crippen molar-refractivity contribution in [2.45, 2.75) is 37.8 Å². The van der Waals surface area contributed by atoms with Crippen molar-refractivity contribution >= 4 is 40.6 Å². The highest BCUT2D eigenvalue weighted by Gasteiger charge is 2.25. The largest absolute Gasteiger partial charge is 0.478 e. The molecule has 1 fully saturated rings. The van der Waals surface area contributed by atoms with Crippen molar-refractivity contribution in [2.75, 3.05) is 29.6 Å². The van der Waals surface area contributed by atoms with E-state index in [0.717, 1.165) is 25.7 Å². The molecule has 4 N–H and O–H groups in total. The maximum Gasteiger partial charge on any atom is 0.339 e. The Morgan fingerprint density at radius 2 is 2.06 bits per heavy atom. The second kappa shape index (κ2) is 8.68. The minimum absolute atomic E-state index is 0.0881. The topological polar surface area (TPSA) is 132 Å². The first kappa shape index (κ1) is 21.3. The molecule has 11 heteroatoms. The summed E-state index contributed by atoms with van der Waals surface area (Å²) in [6.45, 7) is 7.40. The van der Waals surface area contributed by atoms with Crippen LogP contribution in [-0.4, -0.2) is 62.0 Å². The Kier molecular flexibility index (Phi) is 5.79. The van der Waals surface area contributed by atoms with Crippen LogP contribution in [-0.2, 0) is 0 Å². The van der Waals surface area contributed by atoms with Gasteiger partial charge in [0.05, 0.1) is 18.3 Å². The van der Waals surface area contributed by atoms with Crippen LogP contribution < -0.4 is 15.5 Å². The minimum Gasteiger partial charge on any atom is -0.478 e. The number of imidazole rings is 1. The number of hydrogen-bond donors (Lipinski definition) is 4. The fourth-order valence-corrected chi connectivity index (χ4v) is 3.83. The van der Waals surface area contributed by atoms with E-state index in [1.807, 2.05) is 0 Å². The van der Waals surface area contributed by atoms with Gasteiger partial charge in [0.2, 0.25) is 0 Å². The molecule has 11 nitrogen and oxygen atoms in total. The molecule has 3 aromatic rings. The average Bonchev–Trinajstić information content (AvgIpc) is 3.18. The normalized spacial score (nSPS) is 18.2. The molecule has 3 heterocycles. The van der Waals surface area contributed by atoms with Crippen LogP contribution in [0.5, 0.6) is 0 Å². The Morgan fingerprint density at radius 3 is 2.75 bits per heavy atom. The zero-order valence-electron chi connectivity index (χ0n) is 17.8. The Hall–Kier alpha value is -3.91. The second-order valence-corrected chi connectivity index (χ2v) is 7.90. The predicted octanol–water partition coefficient (Wildman–Crippen LogP) is 2.90. The molecule has 32 heavy (non-hydrogen) atoms. The number of carbonyl (C=O) groups is 1. The van der Waals surface area contributed by atoms with Gasteiger partial charge in [-0.15, -0.1) is 4.52 Å². The fourth-order valence-electron chi connectivity index (χ4n) is 3.83. The summed E-state index contributed by atoms with van der Waals surface area (Å²) in [5.74, 6) is 0.402. The zero-order chi connectivity index (χ0) is 22.8. The number of nitrogens with one attached hydrogen (secondary N) is 2. The third-order valence-electron chi connectivity index (χ3n) is 5.42. The third-order valence-corrected chi connectivity index (χ3v) is 5.42. The number of aliphatic hydroxyl groups excluding tert-OH is 1. The van der Waals surface area contributed by atoms with E-state index in [0.29, 0.717) is 28.8 Å². The standard InChI is InChI=1S/C21H24N8O3/c1-22-18-11-23-20-14(25-16-9-8-12(21(31)32)19(26-16)28(2)3)10-17(27-29(18)20)24-13-6-4-5-7-15(13)30/h8-11,13,15,30H,4-7H2,2-3H3,(H,24,27)(H,25,26)(H,31,32)/t13-,15-/m1/s1. The fraction of sp³-hybridized carbons (Fsp3) is 0.381.